The number of amides is 2. The highest BCUT2D eigenvalue weighted by Gasteiger charge is 2.36. The van der Waals surface area contributed by atoms with Crippen molar-refractivity contribution in [1.29, 1.82) is 0 Å². The first-order valence-corrected chi connectivity index (χ1v) is 16.0. The molecular weight excluding hydrogens is 554 g/mol. The van der Waals surface area contributed by atoms with Crippen molar-refractivity contribution in [3.63, 3.8) is 0 Å². The summed E-state index contributed by atoms with van der Waals surface area (Å²) in [6.07, 6.45) is 10.6. The van der Waals surface area contributed by atoms with E-state index in [-0.39, 0.29) is 23.9 Å². The van der Waals surface area contributed by atoms with Crippen LogP contribution in [0.2, 0.25) is 0 Å². The smallest absolute Gasteiger partial charge is 0.277 e. The molecule has 0 radical (unpaired) electrons. The molecule has 9 nitrogen and oxygen atoms in total. The van der Waals surface area contributed by atoms with Crippen LogP contribution in [0.3, 0.4) is 0 Å². The SMILES string of the molecule is O=C(c1ccc(-c2ccc(C(=O)N3CCC(O)(Cn4cnn5cccc5c4=O)CC3)c(C3CCCC3)c2)cc1)N1CCCC1. The van der Waals surface area contributed by atoms with Gasteiger partial charge in [0.15, 0.2) is 0 Å². The Morgan fingerprint density at radius 1 is 0.841 bits per heavy atom. The monoisotopic (exact) mass is 593 g/mol. The van der Waals surface area contributed by atoms with Gasteiger partial charge < -0.3 is 14.9 Å². The molecule has 0 atom stereocenters. The summed E-state index contributed by atoms with van der Waals surface area (Å²) in [5.74, 6) is 0.441. The highest BCUT2D eigenvalue weighted by Crippen LogP contribution is 2.39. The van der Waals surface area contributed by atoms with Crippen LogP contribution in [0, 0.1) is 0 Å². The molecule has 2 saturated heterocycles. The van der Waals surface area contributed by atoms with Crippen molar-refractivity contribution in [2.75, 3.05) is 26.2 Å². The van der Waals surface area contributed by atoms with Crippen LogP contribution in [0.1, 0.15) is 83.6 Å². The fourth-order valence-electron chi connectivity index (χ4n) is 7.26. The first kappa shape index (κ1) is 28.5. The van der Waals surface area contributed by atoms with E-state index in [0.29, 0.717) is 37.4 Å². The van der Waals surface area contributed by atoms with Gasteiger partial charge in [-0.3, -0.25) is 19.0 Å². The Labute approximate surface area is 256 Å². The third-order valence-electron chi connectivity index (χ3n) is 9.91. The fraction of sp³-hybridized carbons (Fsp3) is 0.429. The Kier molecular flexibility index (Phi) is 7.58. The quantitative estimate of drug-likeness (QED) is 0.349. The number of aromatic nitrogens is 3. The van der Waals surface area contributed by atoms with E-state index in [9.17, 15) is 19.5 Å². The summed E-state index contributed by atoms with van der Waals surface area (Å²) in [5.41, 5.74) is 3.84. The number of hydrogen-bond donors (Lipinski definition) is 1. The molecule has 2 aromatic heterocycles. The summed E-state index contributed by atoms with van der Waals surface area (Å²) in [6, 6.07) is 17.5. The zero-order valence-corrected chi connectivity index (χ0v) is 25.0. The van der Waals surface area contributed by atoms with Crippen LogP contribution in [0.25, 0.3) is 16.6 Å². The number of carbonyl (C=O) groups excluding carboxylic acids is 2. The number of rotatable bonds is 6. The van der Waals surface area contributed by atoms with Crippen LogP contribution in [0.5, 0.6) is 0 Å². The van der Waals surface area contributed by atoms with Gasteiger partial charge in [0.05, 0.1) is 12.1 Å². The lowest BCUT2D eigenvalue weighted by Crippen LogP contribution is -2.49. The summed E-state index contributed by atoms with van der Waals surface area (Å²) in [7, 11) is 0. The van der Waals surface area contributed by atoms with E-state index in [1.54, 1.807) is 18.3 Å². The molecule has 0 unspecified atom stereocenters. The van der Waals surface area contributed by atoms with Crippen molar-refractivity contribution in [2.24, 2.45) is 0 Å². The molecule has 7 rings (SSSR count). The first-order valence-electron chi connectivity index (χ1n) is 16.0. The number of carbonyl (C=O) groups is 2. The number of benzene rings is 2. The largest absolute Gasteiger partial charge is 0.388 e. The van der Waals surface area contributed by atoms with Gasteiger partial charge in [-0.15, -0.1) is 0 Å². The van der Waals surface area contributed by atoms with E-state index in [2.05, 4.69) is 11.2 Å². The molecule has 0 spiro atoms. The molecule has 1 saturated carbocycles. The van der Waals surface area contributed by atoms with Gasteiger partial charge in [0.1, 0.15) is 11.8 Å². The standard InChI is InChI=1S/C35H39N5O4/c41-32(37-17-3-4-18-37)27-11-9-25(10-12-27)28-13-14-29(30(22-28)26-6-1-2-7-26)33(42)38-20-15-35(44,16-21-38)23-39-24-36-40-19-5-8-31(40)34(39)43/h5,8-14,19,22,24,26,44H,1-4,6-7,15-18,20-21,23H2. The van der Waals surface area contributed by atoms with Crippen LogP contribution in [0.4, 0.5) is 0 Å². The third-order valence-corrected chi connectivity index (χ3v) is 9.91. The Hall–Kier alpha value is -4.24. The Bertz CT molecular complexity index is 1740. The molecule has 2 amide bonds. The van der Waals surface area contributed by atoms with E-state index in [4.69, 9.17) is 0 Å². The molecule has 3 fully saturated rings. The molecule has 228 valence electrons. The van der Waals surface area contributed by atoms with Crippen LogP contribution in [-0.4, -0.2) is 72.7 Å². The average Bonchev–Trinajstić information content (AvgIpc) is 3.86. The maximum absolute atomic E-state index is 13.9. The molecule has 4 aromatic rings. The van der Waals surface area contributed by atoms with Gasteiger partial charge in [0, 0.05) is 43.5 Å². The van der Waals surface area contributed by atoms with Crippen LogP contribution in [-0.2, 0) is 6.54 Å². The zero-order valence-electron chi connectivity index (χ0n) is 25.0. The third kappa shape index (κ3) is 5.45. The molecule has 3 aliphatic rings. The van der Waals surface area contributed by atoms with Crippen LogP contribution >= 0.6 is 0 Å². The molecule has 4 heterocycles. The number of fused-ring (bicyclic) bond motifs is 1. The van der Waals surface area contributed by atoms with Gasteiger partial charge in [-0.2, -0.15) is 5.10 Å². The summed E-state index contributed by atoms with van der Waals surface area (Å²) in [4.78, 5) is 43.4. The molecule has 1 aliphatic carbocycles. The minimum absolute atomic E-state index is 0.000460. The fourth-order valence-corrected chi connectivity index (χ4v) is 7.26. The summed E-state index contributed by atoms with van der Waals surface area (Å²) < 4.78 is 3.00. The van der Waals surface area contributed by atoms with Gasteiger partial charge in [0.2, 0.25) is 0 Å². The Balaban J connectivity index is 1.08. The summed E-state index contributed by atoms with van der Waals surface area (Å²) in [6.45, 7) is 2.65. The van der Waals surface area contributed by atoms with E-state index >= 15 is 0 Å². The lowest BCUT2D eigenvalue weighted by molar-refractivity contribution is -0.0300. The van der Waals surface area contributed by atoms with Crippen molar-refractivity contribution in [1.82, 2.24) is 24.0 Å². The summed E-state index contributed by atoms with van der Waals surface area (Å²) in [5, 5.41) is 15.7. The molecule has 0 bridgehead atoms. The van der Waals surface area contributed by atoms with Crippen molar-refractivity contribution in [2.45, 2.75) is 69.4 Å². The number of hydrogen-bond acceptors (Lipinski definition) is 5. The molecule has 44 heavy (non-hydrogen) atoms. The van der Waals surface area contributed by atoms with Gasteiger partial charge in [-0.1, -0.05) is 37.1 Å². The molecule has 2 aliphatic heterocycles. The van der Waals surface area contributed by atoms with E-state index in [1.165, 1.54) is 15.4 Å². The normalized spacial score (nSPS) is 18.8. The number of nitrogens with zero attached hydrogens (tertiary/aromatic N) is 5. The Morgan fingerprint density at radius 2 is 1.52 bits per heavy atom. The predicted molar refractivity (Wildman–Crippen MR) is 168 cm³/mol. The highest BCUT2D eigenvalue weighted by molar-refractivity contribution is 5.97. The summed E-state index contributed by atoms with van der Waals surface area (Å²) >= 11 is 0. The lowest BCUT2D eigenvalue weighted by atomic mass is 9.87. The second-order valence-electron chi connectivity index (χ2n) is 12.8. The van der Waals surface area contributed by atoms with Crippen molar-refractivity contribution in [3.05, 3.63) is 94.2 Å². The van der Waals surface area contributed by atoms with Crippen LogP contribution < -0.4 is 5.56 Å². The topological polar surface area (TPSA) is 100 Å². The predicted octanol–water partition coefficient (Wildman–Crippen LogP) is 4.72. The maximum Gasteiger partial charge on any atom is 0.277 e. The van der Waals surface area contributed by atoms with E-state index in [1.807, 2.05) is 46.2 Å². The van der Waals surface area contributed by atoms with Crippen molar-refractivity contribution < 1.29 is 14.7 Å². The second kappa shape index (κ2) is 11.7. The van der Waals surface area contributed by atoms with Crippen molar-refractivity contribution in [3.8, 4) is 11.1 Å². The van der Waals surface area contributed by atoms with Gasteiger partial charge in [-0.25, -0.2) is 4.52 Å². The van der Waals surface area contributed by atoms with Crippen LogP contribution in [0.15, 0.2) is 71.9 Å². The minimum atomic E-state index is -1.09. The maximum atomic E-state index is 13.9. The van der Waals surface area contributed by atoms with Gasteiger partial charge in [0.25, 0.3) is 17.4 Å². The van der Waals surface area contributed by atoms with E-state index < -0.39 is 5.60 Å². The van der Waals surface area contributed by atoms with Gasteiger partial charge >= 0.3 is 0 Å². The highest BCUT2D eigenvalue weighted by atomic mass is 16.3. The van der Waals surface area contributed by atoms with E-state index in [0.717, 1.165) is 79.4 Å². The van der Waals surface area contributed by atoms with Gasteiger partial charge in [-0.05, 0) is 91.5 Å². The average molecular weight is 594 g/mol. The molecular formula is C35H39N5O4. The molecule has 2 aromatic carbocycles. The first-order chi connectivity index (χ1) is 21.4. The number of piperidine rings is 1. The molecule has 9 heteroatoms. The lowest BCUT2D eigenvalue weighted by Gasteiger charge is -2.38. The zero-order chi connectivity index (χ0) is 30.3. The minimum Gasteiger partial charge on any atom is -0.388 e. The number of aliphatic hydroxyl groups is 1. The Morgan fingerprint density at radius 3 is 2.25 bits per heavy atom. The second-order valence-corrected chi connectivity index (χ2v) is 12.8. The van der Waals surface area contributed by atoms with Crippen molar-refractivity contribution >= 4 is 17.3 Å². The molecule has 1 N–H and O–H groups in total. The number of likely N-dealkylation sites (tertiary alicyclic amines) is 2.